The number of hydrogen-bond acceptors (Lipinski definition) is 1. The average molecular weight is 276 g/mol. The molecule has 0 rings (SSSR count). The van der Waals surface area contributed by atoms with Gasteiger partial charge in [0.25, 0.3) is 0 Å². The number of rotatable bonds is 5. The lowest BCUT2D eigenvalue weighted by Gasteiger charge is -1.92. The maximum absolute atomic E-state index is 9.96. The lowest BCUT2D eigenvalue weighted by atomic mass is 10.2. The molecule has 0 saturated carbocycles. The molecule has 0 fully saturated rings. The lowest BCUT2D eigenvalue weighted by molar-refractivity contribution is -0.137. The van der Waals surface area contributed by atoms with E-state index >= 15 is 0 Å². The molecule has 0 saturated heterocycles. The Morgan fingerprint density at radius 3 is 1.77 bits per heavy atom. The standard InChI is InChI=1S/C7H14O2.4ClH/c1-2-3-4-5-6-7(8)9;;;;/h2-6H2,1H3,(H,8,9);4*1H. The Kier molecular flexibility index (Phi) is 51.5. The number of hydrogen-bond donors (Lipinski definition) is 1. The summed E-state index contributed by atoms with van der Waals surface area (Å²) in [6, 6.07) is 0. The van der Waals surface area contributed by atoms with Crippen LogP contribution in [0.2, 0.25) is 0 Å². The first-order valence-corrected chi connectivity index (χ1v) is 3.49. The minimum Gasteiger partial charge on any atom is -0.481 e. The topological polar surface area (TPSA) is 37.3 Å². The molecule has 1 N–H and O–H groups in total. The Balaban J connectivity index is -0.0000000533. The van der Waals surface area contributed by atoms with Crippen LogP contribution in [0.4, 0.5) is 0 Å². The van der Waals surface area contributed by atoms with Gasteiger partial charge in [-0.25, -0.2) is 0 Å². The van der Waals surface area contributed by atoms with Crippen molar-refractivity contribution in [1.82, 2.24) is 0 Å². The van der Waals surface area contributed by atoms with E-state index in [1.165, 1.54) is 6.42 Å². The molecule has 0 aliphatic heterocycles. The summed E-state index contributed by atoms with van der Waals surface area (Å²) < 4.78 is 0. The molecule has 0 aliphatic rings. The van der Waals surface area contributed by atoms with Gasteiger partial charge < -0.3 is 5.11 Å². The third kappa shape index (κ3) is 32.5. The summed E-state index contributed by atoms with van der Waals surface area (Å²) in [5.74, 6) is -0.675. The van der Waals surface area contributed by atoms with E-state index in [9.17, 15) is 4.79 Å². The molecule has 0 aromatic carbocycles. The molecule has 2 nitrogen and oxygen atoms in total. The quantitative estimate of drug-likeness (QED) is 0.777. The van der Waals surface area contributed by atoms with E-state index in [0.717, 1.165) is 19.3 Å². The van der Waals surface area contributed by atoms with Crippen molar-refractivity contribution in [1.29, 1.82) is 0 Å². The van der Waals surface area contributed by atoms with E-state index in [-0.39, 0.29) is 49.6 Å². The van der Waals surface area contributed by atoms with Crippen LogP contribution in [0.5, 0.6) is 0 Å². The van der Waals surface area contributed by atoms with Gasteiger partial charge in [-0.2, -0.15) is 0 Å². The van der Waals surface area contributed by atoms with Crippen molar-refractivity contribution >= 4 is 55.6 Å². The molecule has 0 unspecified atom stereocenters. The third-order valence-corrected chi connectivity index (χ3v) is 1.24. The van der Waals surface area contributed by atoms with Crippen LogP contribution in [-0.2, 0) is 4.79 Å². The monoisotopic (exact) mass is 274 g/mol. The fraction of sp³-hybridized carbons (Fsp3) is 0.857. The van der Waals surface area contributed by atoms with Crippen molar-refractivity contribution in [2.24, 2.45) is 0 Å². The van der Waals surface area contributed by atoms with Crippen LogP contribution < -0.4 is 0 Å². The van der Waals surface area contributed by atoms with Gasteiger partial charge in [-0.05, 0) is 6.42 Å². The molecule has 6 heteroatoms. The molecule has 86 valence electrons. The second kappa shape index (κ2) is 22.9. The molecule has 0 heterocycles. The Bertz CT molecular complexity index is 90.6. The van der Waals surface area contributed by atoms with Gasteiger partial charge >= 0.3 is 5.97 Å². The van der Waals surface area contributed by atoms with E-state index in [2.05, 4.69) is 6.92 Å². The van der Waals surface area contributed by atoms with Gasteiger partial charge in [0.1, 0.15) is 0 Å². The molecule has 0 aromatic heterocycles. The van der Waals surface area contributed by atoms with Gasteiger partial charge in [-0.1, -0.05) is 26.2 Å². The van der Waals surface area contributed by atoms with Crippen molar-refractivity contribution < 1.29 is 9.90 Å². The van der Waals surface area contributed by atoms with Gasteiger partial charge in [0.2, 0.25) is 0 Å². The zero-order chi connectivity index (χ0) is 7.11. The van der Waals surface area contributed by atoms with Crippen LogP contribution in [-0.4, -0.2) is 11.1 Å². The first kappa shape index (κ1) is 29.2. The van der Waals surface area contributed by atoms with Crippen molar-refractivity contribution in [3.63, 3.8) is 0 Å². The van der Waals surface area contributed by atoms with Crippen LogP contribution in [0, 0.1) is 0 Å². The Morgan fingerprint density at radius 1 is 1.00 bits per heavy atom. The van der Waals surface area contributed by atoms with Gasteiger partial charge in [-0.15, -0.1) is 49.6 Å². The lowest BCUT2D eigenvalue weighted by Crippen LogP contribution is -1.92. The molecule has 0 atom stereocenters. The molecular formula is C7H18Cl4O2. The Morgan fingerprint density at radius 2 is 1.46 bits per heavy atom. The summed E-state index contributed by atoms with van der Waals surface area (Å²) in [6.07, 6.45) is 4.55. The van der Waals surface area contributed by atoms with Gasteiger partial charge in [0.05, 0.1) is 0 Å². The van der Waals surface area contributed by atoms with Crippen molar-refractivity contribution in [2.75, 3.05) is 0 Å². The number of aliphatic carboxylic acids is 1. The fourth-order valence-corrected chi connectivity index (χ4v) is 0.703. The van der Waals surface area contributed by atoms with Crippen LogP contribution in [0.15, 0.2) is 0 Å². The minimum atomic E-state index is -0.675. The van der Waals surface area contributed by atoms with Crippen LogP contribution >= 0.6 is 49.6 Å². The fourth-order valence-electron chi connectivity index (χ4n) is 0.703. The van der Waals surface area contributed by atoms with E-state index in [1.54, 1.807) is 0 Å². The summed E-state index contributed by atoms with van der Waals surface area (Å²) in [6.45, 7) is 2.11. The highest BCUT2D eigenvalue weighted by Crippen LogP contribution is 2.01. The number of carboxylic acid groups (broad SMARTS) is 1. The molecular weight excluding hydrogens is 258 g/mol. The second-order valence-electron chi connectivity index (χ2n) is 2.20. The largest absolute Gasteiger partial charge is 0.481 e. The number of unbranched alkanes of at least 4 members (excludes halogenated alkanes) is 3. The van der Waals surface area contributed by atoms with E-state index < -0.39 is 5.97 Å². The number of carboxylic acids is 1. The predicted octanol–water partition coefficient (Wildman–Crippen LogP) is 3.73. The van der Waals surface area contributed by atoms with Crippen molar-refractivity contribution in [2.45, 2.75) is 39.0 Å². The maximum Gasteiger partial charge on any atom is 0.303 e. The summed E-state index contributed by atoms with van der Waals surface area (Å²) in [5, 5.41) is 8.21. The smallest absolute Gasteiger partial charge is 0.303 e. The Hall–Kier alpha value is 0.630. The maximum atomic E-state index is 9.96. The van der Waals surface area contributed by atoms with Crippen molar-refractivity contribution in [3.05, 3.63) is 0 Å². The average Bonchev–Trinajstić information content (AvgIpc) is 1.80. The zero-order valence-electron chi connectivity index (χ0n) is 7.52. The highest BCUT2D eigenvalue weighted by molar-refractivity contribution is 5.86. The Labute approximate surface area is 104 Å². The minimum absolute atomic E-state index is 0. The first-order valence-electron chi connectivity index (χ1n) is 3.49. The van der Waals surface area contributed by atoms with E-state index in [1.807, 2.05) is 0 Å². The van der Waals surface area contributed by atoms with Gasteiger partial charge in [0, 0.05) is 6.42 Å². The summed E-state index contributed by atoms with van der Waals surface area (Å²) in [7, 11) is 0. The second-order valence-corrected chi connectivity index (χ2v) is 2.20. The summed E-state index contributed by atoms with van der Waals surface area (Å²) in [5.41, 5.74) is 0. The van der Waals surface area contributed by atoms with E-state index in [4.69, 9.17) is 5.11 Å². The first-order chi connectivity index (χ1) is 4.27. The molecule has 0 spiro atoms. The number of halogens is 4. The van der Waals surface area contributed by atoms with Gasteiger partial charge in [-0.3, -0.25) is 4.79 Å². The predicted molar refractivity (Wildman–Crippen MR) is 65.4 cm³/mol. The third-order valence-electron chi connectivity index (χ3n) is 1.24. The van der Waals surface area contributed by atoms with E-state index in [0.29, 0.717) is 6.42 Å². The molecule has 0 amide bonds. The van der Waals surface area contributed by atoms with Crippen LogP contribution in [0.1, 0.15) is 39.0 Å². The van der Waals surface area contributed by atoms with Crippen LogP contribution in [0.3, 0.4) is 0 Å². The molecule has 0 bridgehead atoms. The highest BCUT2D eigenvalue weighted by Gasteiger charge is 1.93. The SMILES string of the molecule is CCCCCCC(=O)O.Cl.Cl.Cl.Cl. The summed E-state index contributed by atoms with van der Waals surface area (Å²) >= 11 is 0. The highest BCUT2D eigenvalue weighted by atomic mass is 35.5. The molecule has 0 radical (unpaired) electrons. The normalized spacial score (nSPS) is 6.54. The molecule has 0 aromatic rings. The summed E-state index contributed by atoms with van der Waals surface area (Å²) in [4.78, 5) is 9.96. The molecule has 0 aliphatic carbocycles. The molecule has 13 heavy (non-hydrogen) atoms. The van der Waals surface area contributed by atoms with Crippen LogP contribution in [0.25, 0.3) is 0 Å². The zero-order valence-corrected chi connectivity index (χ0v) is 10.8. The van der Waals surface area contributed by atoms with Gasteiger partial charge in [0.15, 0.2) is 0 Å². The van der Waals surface area contributed by atoms with Crippen molar-refractivity contribution in [3.8, 4) is 0 Å². The number of carbonyl (C=O) groups is 1.